The van der Waals surface area contributed by atoms with Crippen LogP contribution < -0.4 is 10.9 Å². The molecule has 0 aliphatic heterocycles. The van der Waals surface area contributed by atoms with E-state index in [0.29, 0.717) is 0 Å². The second-order valence-corrected chi connectivity index (χ2v) is 4.28. The lowest BCUT2D eigenvalue weighted by Crippen LogP contribution is -2.48. The predicted octanol–water partition coefficient (Wildman–Crippen LogP) is 1.29. The SMILES string of the molecule is O=C(CCC(F)([N+](=O)[O-])[N+](=O)[O-])NNC(=S(F)F)C(F)(F)F. The van der Waals surface area contributed by atoms with Crippen LogP contribution in [0, 0.1) is 20.2 Å². The molecular formula is C6H6F6N4O5S. The van der Waals surface area contributed by atoms with Crippen molar-refractivity contribution in [1.82, 2.24) is 10.9 Å². The summed E-state index contributed by atoms with van der Waals surface area (Å²) in [5.74, 6) is -5.82. The molecule has 0 rings (SSSR count). The second-order valence-electron chi connectivity index (χ2n) is 3.45. The van der Waals surface area contributed by atoms with Crippen LogP contribution in [0.1, 0.15) is 12.8 Å². The monoisotopic (exact) mass is 360 g/mol. The molecule has 0 aliphatic rings. The van der Waals surface area contributed by atoms with Crippen LogP contribution in [0.2, 0.25) is 0 Å². The third-order valence-corrected chi connectivity index (χ3v) is 2.60. The molecular weight excluding hydrogens is 354 g/mol. The van der Waals surface area contributed by atoms with E-state index in [1.807, 2.05) is 0 Å². The number of hydrogen-bond donors (Lipinski definition) is 2. The van der Waals surface area contributed by atoms with Crippen molar-refractivity contribution >= 4 is 22.2 Å². The van der Waals surface area contributed by atoms with Crippen molar-refractivity contribution in [1.29, 1.82) is 0 Å². The molecule has 16 heteroatoms. The average Bonchev–Trinajstić information content (AvgIpc) is 2.33. The van der Waals surface area contributed by atoms with E-state index in [2.05, 4.69) is 0 Å². The maximum absolute atomic E-state index is 13.2. The van der Waals surface area contributed by atoms with E-state index < -0.39 is 56.9 Å². The number of amides is 1. The van der Waals surface area contributed by atoms with E-state index in [1.54, 1.807) is 0 Å². The summed E-state index contributed by atoms with van der Waals surface area (Å²) in [6.45, 7) is 0. The molecule has 0 saturated heterocycles. The van der Waals surface area contributed by atoms with Crippen molar-refractivity contribution < 1.29 is 40.0 Å². The molecule has 1 amide bonds. The number of hydrazine groups is 1. The third-order valence-electron chi connectivity index (χ3n) is 1.96. The highest BCUT2D eigenvalue weighted by Gasteiger charge is 2.57. The van der Waals surface area contributed by atoms with Gasteiger partial charge in [-0.2, -0.15) is 18.6 Å². The number of nitrogens with zero attached hydrogens (tertiary/aromatic N) is 2. The van der Waals surface area contributed by atoms with Crippen LogP contribution in [-0.2, 0) is 4.79 Å². The lowest BCUT2D eigenvalue weighted by Gasteiger charge is -2.13. The van der Waals surface area contributed by atoms with Gasteiger partial charge in [-0.05, 0) is 0 Å². The highest BCUT2D eigenvalue weighted by atomic mass is 32.2. The third kappa shape index (κ3) is 5.43. The van der Waals surface area contributed by atoms with E-state index in [-0.39, 0.29) is 0 Å². The molecule has 0 aromatic rings. The molecule has 128 valence electrons. The Kier molecular flexibility index (Phi) is 6.68. The van der Waals surface area contributed by atoms with Crippen molar-refractivity contribution in [2.45, 2.75) is 24.9 Å². The number of nitro groups is 2. The fourth-order valence-electron chi connectivity index (χ4n) is 0.908. The van der Waals surface area contributed by atoms with Crippen LogP contribution in [0.25, 0.3) is 0 Å². The molecule has 0 aliphatic carbocycles. The molecule has 0 unspecified atom stereocenters. The fourth-order valence-corrected chi connectivity index (χ4v) is 1.21. The van der Waals surface area contributed by atoms with Crippen molar-refractivity contribution in [2.75, 3.05) is 0 Å². The standard InChI is InChI=1S/C6H6F6N4O5S/c7-5(15(18)19,16(20)21)2-1-3(17)13-14-4(22(11)12)6(8,9)10/h14H,1-2H2,(H,13,17). The van der Waals surface area contributed by atoms with E-state index in [0.717, 1.165) is 10.9 Å². The Bertz CT molecular complexity index is 492. The summed E-state index contributed by atoms with van der Waals surface area (Å²) in [6, 6.07) is 0. The molecule has 0 heterocycles. The summed E-state index contributed by atoms with van der Waals surface area (Å²) in [7, 11) is 0. The first-order valence-corrected chi connectivity index (χ1v) is 5.88. The van der Waals surface area contributed by atoms with Crippen LogP contribution in [-0.4, -0.2) is 32.8 Å². The molecule has 0 atom stereocenters. The Balaban J connectivity index is 4.70. The van der Waals surface area contributed by atoms with Gasteiger partial charge in [0.1, 0.15) is 16.3 Å². The molecule has 0 spiro atoms. The number of rotatable bonds is 5. The number of nitrogens with one attached hydrogen (secondary N) is 2. The molecule has 0 aromatic heterocycles. The maximum atomic E-state index is 13.2. The largest absolute Gasteiger partial charge is 0.614 e. The quantitative estimate of drug-likeness (QED) is 0.190. The van der Waals surface area contributed by atoms with Crippen LogP contribution in [0.15, 0.2) is 0 Å². The van der Waals surface area contributed by atoms with Crippen molar-refractivity contribution in [3.05, 3.63) is 20.2 Å². The summed E-state index contributed by atoms with van der Waals surface area (Å²) in [6.07, 6.45) is -8.41. The highest BCUT2D eigenvalue weighted by Crippen LogP contribution is 2.27. The number of hydrogen-bond acceptors (Lipinski definition) is 5. The zero-order valence-electron chi connectivity index (χ0n) is 10.0. The van der Waals surface area contributed by atoms with E-state index in [1.165, 1.54) is 0 Å². The zero-order chi connectivity index (χ0) is 17.7. The fraction of sp³-hybridized carbons (Fsp3) is 0.667. The number of alkyl halides is 4. The Morgan fingerprint density at radius 2 is 1.50 bits per heavy atom. The first-order chi connectivity index (χ1) is 9.82. The Morgan fingerprint density at radius 1 is 1.05 bits per heavy atom. The smallest absolute Gasteiger partial charge is 0.286 e. The van der Waals surface area contributed by atoms with Gasteiger partial charge in [-0.3, -0.25) is 30.4 Å². The summed E-state index contributed by atoms with van der Waals surface area (Å²) in [4.78, 5) is 24.9. The van der Waals surface area contributed by atoms with Gasteiger partial charge in [0.15, 0.2) is 11.3 Å². The highest BCUT2D eigenvalue weighted by molar-refractivity contribution is 8.07. The molecule has 0 radical (unpaired) electrons. The lowest BCUT2D eigenvalue weighted by atomic mass is 10.2. The molecule has 2 N–H and O–H groups in total. The Labute approximate surface area is 119 Å². The van der Waals surface area contributed by atoms with Crippen molar-refractivity contribution in [3.63, 3.8) is 0 Å². The first-order valence-electron chi connectivity index (χ1n) is 4.86. The summed E-state index contributed by atoms with van der Waals surface area (Å²) in [5, 5.41) is 20.3. The van der Waals surface area contributed by atoms with Crippen LogP contribution >= 0.6 is 11.3 Å². The number of carbonyl (C=O) groups excluding carboxylic acids is 1. The van der Waals surface area contributed by atoms with Gasteiger partial charge in [0.05, 0.1) is 0 Å². The van der Waals surface area contributed by atoms with Crippen LogP contribution in [0.3, 0.4) is 0 Å². The molecule has 0 bridgehead atoms. The lowest BCUT2D eigenvalue weighted by molar-refractivity contribution is -0.832. The summed E-state index contributed by atoms with van der Waals surface area (Å²) in [5.41, 5.74) is 1.94. The first kappa shape index (κ1) is 20.0. The van der Waals surface area contributed by atoms with Gasteiger partial charge in [-0.1, -0.05) is 4.39 Å². The summed E-state index contributed by atoms with van der Waals surface area (Å²) < 4.78 is 73.4. The van der Waals surface area contributed by atoms with Gasteiger partial charge >= 0.3 is 12.1 Å². The van der Waals surface area contributed by atoms with Gasteiger partial charge in [0.25, 0.3) is 0 Å². The molecule has 0 saturated carbocycles. The van der Waals surface area contributed by atoms with Gasteiger partial charge in [-0.15, -0.1) is 7.77 Å². The Hall–Kier alpha value is -1.97. The van der Waals surface area contributed by atoms with Gasteiger partial charge in [-0.25, -0.2) is 0 Å². The number of halogens is 6. The molecule has 0 aromatic carbocycles. The normalized spacial score (nSPS) is 12.1. The van der Waals surface area contributed by atoms with Crippen LogP contribution in [0.5, 0.6) is 0 Å². The summed E-state index contributed by atoms with van der Waals surface area (Å²) >= 11 is -4.30. The van der Waals surface area contributed by atoms with Crippen molar-refractivity contribution in [2.24, 2.45) is 0 Å². The van der Waals surface area contributed by atoms with E-state index in [9.17, 15) is 50.4 Å². The minimum Gasteiger partial charge on any atom is -0.286 e. The van der Waals surface area contributed by atoms with Crippen LogP contribution in [0.4, 0.5) is 25.3 Å². The van der Waals surface area contributed by atoms with E-state index in [4.69, 9.17) is 0 Å². The molecule has 22 heavy (non-hydrogen) atoms. The second kappa shape index (κ2) is 7.34. The van der Waals surface area contributed by atoms with Gasteiger partial charge in [0.2, 0.25) is 10.9 Å². The minimum absolute atomic E-state index is 0.846. The maximum Gasteiger partial charge on any atom is 0.614 e. The zero-order valence-corrected chi connectivity index (χ0v) is 10.8. The average molecular weight is 360 g/mol. The minimum atomic E-state index is -5.49. The molecule has 9 nitrogen and oxygen atoms in total. The van der Waals surface area contributed by atoms with E-state index >= 15 is 0 Å². The van der Waals surface area contributed by atoms with Crippen molar-refractivity contribution in [3.8, 4) is 0 Å². The Morgan fingerprint density at radius 3 is 1.82 bits per heavy atom. The van der Waals surface area contributed by atoms with Gasteiger partial charge in [0, 0.05) is 6.42 Å². The number of carbonyl (C=O) groups is 1. The van der Waals surface area contributed by atoms with Gasteiger partial charge < -0.3 is 0 Å². The molecule has 0 fully saturated rings. The predicted molar refractivity (Wildman–Crippen MR) is 59.2 cm³/mol. The topological polar surface area (TPSA) is 127 Å².